The molecule has 0 bridgehead atoms. The smallest absolute Gasteiger partial charge is 0.197 e. The Kier molecular flexibility index (Phi) is 3.44. The van der Waals surface area contributed by atoms with Crippen molar-refractivity contribution in [2.45, 2.75) is 0 Å². The van der Waals surface area contributed by atoms with E-state index in [-0.39, 0.29) is 11.6 Å². The van der Waals surface area contributed by atoms with Gasteiger partial charge in [0.1, 0.15) is 0 Å². The van der Waals surface area contributed by atoms with Gasteiger partial charge in [-0.1, -0.05) is 48.5 Å². The number of hydrogen-bond donors (Lipinski definition) is 0. The van der Waals surface area contributed by atoms with Crippen LogP contribution in [0.25, 0.3) is 11.1 Å². The van der Waals surface area contributed by atoms with Crippen LogP contribution in [0.3, 0.4) is 0 Å². The highest BCUT2D eigenvalue weighted by atomic mass is 16.1. The molecule has 4 heteroatoms. The lowest BCUT2D eigenvalue weighted by atomic mass is 9.75. The Morgan fingerprint density at radius 3 is 1.33 bits per heavy atom. The predicted molar refractivity (Wildman–Crippen MR) is 113 cm³/mol. The molecule has 0 aliphatic heterocycles. The minimum absolute atomic E-state index is 0.0000699. The number of hydrogen-bond acceptors (Lipinski definition) is 4. The van der Waals surface area contributed by atoms with Crippen molar-refractivity contribution >= 4 is 22.7 Å². The average Bonchev–Trinajstić information content (AvgIpc) is 2.81. The third-order valence-corrected chi connectivity index (χ3v) is 5.71. The fourth-order valence-corrected chi connectivity index (χ4v) is 4.43. The average molecular weight is 386 g/mol. The van der Waals surface area contributed by atoms with E-state index in [1.165, 1.54) is 0 Å². The van der Waals surface area contributed by atoms with Crippen molar-refractivity contribution in [2.24, 2.45) is 0 Å². The first-order valence-electron chi connectivity index (χ1n) is 9.69. The molecule has 140 valence electrons. The van der Waals surface area contributed by atoms with Crippen LogP contribution in [0.2, 0.25) is 0 Å². The Balaban J connectivity index is 1.84. The normalized spacial score (nSPS) is 14.0. The minimum Gasteiger partial charge on any atom is -0.289 e. The Hall–Kier alpha value is -4.18. The molecule has 0 amide bonds. The van der Waals surface area contributed by atoms with Crippen LogP contribution in [-0.4, -0.2) is 21.5 Å². The van der Waals surface area contributed by atoms with E-state index < -0.39 is 0 Å². The van der Waals surface area contributed by atoms with Crippen molar-refractivity contribution in [1.82, 2.24) is 9.97 Å². The fourth-order valence-electron chi connectivity index (χ4n) is 4.43. The Morgan fingerprint density at radius 2 is 0.833 bits per heavy atom. The van der Waals surface area contributed by atoms with Crippen LogP contribution < -0.4 is 0 Å². The molecule has 0 saturated carbocycles. The highest BCUT2D eigenvalue weighted by Crippen LogP contribution is 2.45. The van der Waals surface area contributed by atoms with Gasteiger partial charge in [0.2, 0.25) is 0 Å². The van der Waals surface area contributed by atoms with E-state index in [9.17, 15) is 9.59 Å². The summed E-state index contributed by atoms with van der Waals surface area (Å²) in [7, 11) is 0. The number of benzene rings is 2. The van der Waals surface area contributed by atoms with Gasteiger partial charge in [-0.3, -0.25) is 19.6 Å². The maximum Gasteiger partial charge on any atom is 0.197 e. The monoisotopic (exact) mass is 386 g/mol. The maximum absolute atomic E-state index is 13.2. The second-order valence-corrected chi connectivity index (χ2v) is 7.30. The lowest BCUT2D eigenvalue weighted by Crippen LogP contribution is -2.21. The molecule has 30 heavy (non-hydrogen) atoms. The maximum atomic E-state index is 13.2. The molecule has 0 N–H and O–H groups in total. The van der Waals surface area contributed by atoms with Gasteiger partial charge in [-0.15, -0.1) is 0 Å². The molecule has 0 unspecified atom stereocenters. The molecule has 6 rings (SSSR count). The third-order valence-electron chi connectivity index (χ3n) is 5.71. The summed E-state index contributed by atoms with van der Waals surface area (Å²) in [4.78, 5) is 35.5. The second-order valence-electron chi connectivity index (χ2n) is 7.30. The number of carbonyl (C=O) groups excluding carboxylic acids is 2. The Morgan fingerprint density at radius 1 is 0.433 bits per heavy atom. The number of carbonyl (C=O) groups is 2. The summed E-state index contributed by atoms with van der Waals surface area (Å²) in [5.74, 6) is -0.0843. The van der Waals surface area contributed by atoms with Crippen LogP contribution in [-0.2, 0) is 0 Å². The standard InChI is InChI=1S/C26H14N2O2/c29-25-17-9-3-1-7-15(17)21(16-8-2-4-10-18(16)25)22-23-19(11-5-13-27-23)26(30)20-12-6-14-28-24(20)22/h1-14H. The largest absolute Gasteiger partial charge is 0.289 e. The summed E-state index contributed by atoms with van der Waals surface area (Å²) in [5, 5.41) is 0. The molecule has 0 saturated heterocycles. The molecule has 2 aliphatic rings. The van der Waals surface area contributed by atoms with Crippen LogP contribution in [0.5, 0.6) is 0 Å². The van der Waals surface area contributed by atoms with Crippen LogP contribution in [0.1, 0.15) is 54.4 Å². The van der Waals surface area contributed by atoms with Crippen molar-refractivity contribution in [3.05, 3.63) is 130 Å². The zero-order valence-electron chi connectivity index (χ0n) is 15.8. The van der Waals surface area contributed by atoms with Crippen molar-refractivity contribution in [3.63, 3.8) is 0 Å². The quantitative estimate of drug-likeness (QED) is 0.384. The van der Waals surface area contributed by atoms with Gasteiger partial charge in [-0.25, -0.2) is 0 Å². The summed E-state index contributed by atoms with van der Waals surface area (Å²) in [5.41, 5.74) is 6.92. The van der Waals surface area contributed by atoms with Gasteiger partial charge in [0.05, 0.1) is 11.4 Å². The number of nitrogens with zero attached hydrogens (tertiary/aromatic N) is 2. The lowest BCUT2D eigenvalue weighted by molar-refractivity contribution is 0.102. The van der Waals surface area contributed by atoms with E-state index in [0.29, 0.717) is 33.6 Å². The molecule has 0 atom stereocenters. The van der Waals surface area contributed by atoms with Gasteiger partial charge in [-0.05, 0) is 35.4 Å². The highest BCUT2D eigenvalue weighted by molar-refractivity contribution is 6.26. The van der Waals surface area contributed by atoms with E-state index in [1.807, 2.05) is 48.5 Å². The number of pyridine rings is 2. The molecule has 2 aromatic heterocycles. The van der Waals surface area contributed by atoms with E-state index in [1.54, 1.807) is 36.7 Å². The molecule has 4 aromatic rings. The van der Waals surface area contributed by atoms with Crippen molar-refractivity contribution in [2.75, 3.05) is 0 Å². The molecule has 4 nitrogen and oxygen atoms in total. The molecule has 2 heterocycles. The molecule has 2 aromatic carbocycles. The summed E-state index contributed by atoms with van der Waals surface area (Å²) in [6, 6.07) is 22.3. The van der Waals surface area contributed by atoms with Gasteiger partial charge < -0.3 is 0 Å². The lowest BCUT2D eigenvalue weighted by Gasteiger charge is -2.27. The SMILES string of the molecule is O=C1c2ccccc2C(=C2c3ncccc3C(=O)c3cccnc32)c2ccccc21. The van der Waals surface area contributed by atoms with Gasteiger partial charge >= 0.3 is 0 Å². The first-order valence-corrected chi connectivity index (χ1v) is 9.69. The molecular weight excluding hydrogens is 372 g/mol. The van der Waals surface area contributed by atoms with Gasteiger partial charge in [0.15, 0.2) is 11.6 Å². The van der Waals surface area contributed by atoms with Gasteiger partial charge in [0.25, 0.3) is 0 Å². The Bertz CT molecular complexity index is 1220. The first-order chi connectivity index (χ1) is 14.8. The van der Waals surface area contributed by atoms with Crippen LogP contribution in [0.15, 0.2) is 85.2 Å². The van der Waals surface area contributed by atoms with Crippen molar-refractivity contribution < 1.29 is 9.59 Å². The number of fused-ring (bicyclic) bond motifs is 4. The van der Waals surface area contributed by atoms with E-state index in [0.717, 1.165) is 22.3 Å². The topological polar surface area (TPSA) is 59.9 Å². The molecule has 0 fully saturated rings. The van der Waals surface area contributed by atoms with Crippen molar-refractivity contribution in [3.8, 4) is 0 Å². The summed E-state index contributed by atoms with van der Waals surface area (Å²) >= 11 is 0. The van der Waals surface area contributed by atoms with Gasteiger partial charge in [-0.2, -0.15) is 0 Å². The molecule has 2 aliphatic carbocycles. The summed E-state index contributed by atoms with van der Waals surface area (Å²) in [6.07, 6.45) is 3.37. The third kappa shape index (κ3) is 2.16. The van der Waals surface area contributed by atoms with Crippen LogP contribution in [0.4, 0.5) is 0 Å². The number of rotatable bonds is 0. The Labute approximate surface area is 172 Å². The summed E-state index contributed by atoms with van der Waals surface area (Å²) in [6.45, 7) is 0. The van der Waals surface area contributed by atoms with E-state index in [2.05, 4.69) is 9.97 Å². The van der Waals surface area contributed by atoms with Gasteiger partial charge in [0, 0.05) is 45.8 Å². The van der Waals surface area contributed by atoms with E-state index in [4.69, 9.17) is 0 Å². The molecule has 0 spiro atoms. The fraction of sp³-hybridized carbons (Fsp3) is 0. The van der Waals surface area contributed by atoms with Crippen molar-refractivity contribution in [1.29, 1.82) is 0 Å². The zero-order valence-corrected chi connectivity index (χ0v) is 15.8. The summed E-state index contributed by atoms with van der Waals surface area (Å²) < 4.78 is 0. The number of ketones is 2. The zero-order chi connectivity index (χ0) is 20.2. The highest BCUT2D eigenvalue weighted by Gasteiger charge is 2.35. The molecular formula is C26H14N2O2. The predicted octanol–water partition coefficient (Wildman–Crippen LogP) is 4.57. The number of aromatic nitrogens is 2. The molecule has 0 radical (unpaired) electrons. The van der Waals surface area contributed by atoms with E-state index >= 15 is 0 Å². The van der Waals surface area contributed by atoms with Crippen LogP contribution in [0, 0.1) is 0 Å². The first kappa shape index (κ1) is 16.7. The van der Waals surface area contributed by atoms with Crippen LogP contribution >= 0.6 is 0 Å². The second kappa shape index (κ2) is 6.16. The minimum atomic E-state index is -0.0843.